The van der Waals surface area contributed by atoms with E-state index < -0.39 is 0 Å². The van der Waals surface area contributed by atoms with Crippen molar-refractivity contribution in [1.29, 1.82) is 0 Å². The van der Waals surface area contributed by atoms with Gasteiger partial charge in [0.1, 0.15) is 0 Å². The molecule has 2 atom stereocenters. The van der Waals surface area contributed by atoms with Gasteiger partial charge < -0.3 is 4.90 Å². The van der Waals surface area contributed by atoms with Crippen molar-refractivity contribution < 1.29 is 4.79 Å². The van der Waals surface area contributed by atoms with Gasteiger partial charge in [0.15, 0.2) is 0 Å². The second-order valence-corrected chi connectivity index (χ2v) is 8.18. The van der Waals surface area contributed by atoms with Crippen molar-refractivity contribution in [3.63, 3.8) is 0 Å². The van der Waals surface area contributed by atoms with Crippen LogP contribution in [0.5, 0.6) is 0 Å². The lowest BCUT2D eigenvalue weighted by Gasteiger charge is -2.40. The van der Waals surface area contributed by atoms with Gasteiger partial charge in [0, 0.05) is 23.4 Å². The number of unbranched alkanes of at least 4 members (excludes halogenated alkanes) is 1. The van der Waals surface area contributed by atoms with Gasteiger partial charge in [0.2, 0.25) is 5.91 Å². The predicted molar refractivity (Wildman–Crippen MR) is 87.5 cm³/mol. The molecule has 0 N–H and O–H groups in total. The molecule has 0 aromatic carbocycles. The van der Waals surface area contributed by atoms with E-state index in [0.29, 0.717) is 29.3 Å². The number of hydrogen-bond acceptors (Lipinski definition) is 1. The maximum atomic E-state index is 12.9. The first-order valence-corrected chi connectivity index (χ1v) is 9.59. The number of amides is 1. The Kier molecular flexibility index (Phi) is 5.14. The summed E-state index contributed by atoms with van der Waals surface area (Å²) in [4.78, 5) is 15.2. The number of carbonyl (C=O) groups is 1. The number of rotatable bonds is 4. The van der Waals surface area contributed by atoms with E-state index in [2.05, 4.69) is 11.8 Å². The molecule has 2 saturated heterocycles. The highest BCUT2D eigenvalue weighted by Gasteiger charge is 2.44. The Bertz CT molecular complexity index is 350. The van der Waals surface area contributed by atoms with Crippen LogP contribution in [0.1, 0.15) is 77.6 Å². The van der Waals surface area contributed by atoms with E-state index in [0.717, 1.165) is 31.6 Å². The van der Waals surface area contributed by atoms with Gasteiger partial charge in [-0.25, -0.2) is 0 Å². The highest BCUT2D eigenvalue weighted by Crippen LogP contribution is 2.41. The lowest BCUT2D eigenvalue weighted by atomic mass is 9.79. The molecule has 2 unspecified atom stereocenters. The molecule has 2 heterocycles. The molecule has 3 rings (SSSR count). The molecule has 3 fully saturated rings. The van der Waals surface area contributed by atoms with Crippen molar-refractivity contribution in [3.8, 4) is 0 Å². The van der Waals surface area contributed by atoms with Crippen LogP contribution in [0, 0.1) is 11.8 Å². The van der Waals surface area contributed by atoms with Crippen molar-refractivity contribution in [2.75, 3.05) is 0 Å². The summed E-state index contributed by atoms with van der Waals surface area (Å²) in [6, 6.07) is 0.910. The zero-order valence-electron chi connectivity index (χ0n) is 13.4. The van der Waals surface area contributed by atoms with E-state index >= 15 is 0 Å². The molecule has 21 heavy (non-hydrogen) atoms. The van der Waals surface area contributed by atoms with Crippen LogP contribution < -0.4 is 0 Å². The summed E-state index contributed by atoms with van der Waals surface area (Å²) in [5, 5.41) is 0.302. The normalized spacial score (nSPS) is 39.5. The van der Waals surface area contributed by atoms with E-state index in [1.807, 2.05) is 0 Å². The fourth-order valence-corrected chi connectivity index (χ4v) is 5.28. The van der Waals surface area contributed by atoms with Crippen LogP contribution in [0.25, 0.3) is 0 Å². The summed E-state index contributed by atoms with van der Waals surface area (Å²) in [7, 11) is 0. The number of fused-ring (bicyclic) bond motifs is 2. The van der Waals surface area contributed by atoms with Crippen LogP contribution in [-0.4, -0.2) is 28.3 Å². The Hall–Kier alpha value is -0.240. The van der Waals surface area contributed by atoms with Crippen molar-refractivity contribution in [2.45, 2.75) is 95.0 Å². The molecule has 3 aliphatic rings. The lowest BCUT2D eigenvalue weighted by molar-refractivity contribution is -0.141. The van der Waals surface area contributed by atoms with Gasteiger partial charge in [0.05, 0.1) is 0 Å². The zero-order chi connectivity index (χ0) is 14.8. The summed E-state index contributed by atoms with van der Waals surface area (Å²) in [5.41, 5.74) is 0. The fourth-order valence-electron chi connectivity index (χ4n) is 4.87. The van der Waals surface area contributed by atoms with Gasteiger partial charge in [-0.2, -0.15) is 0 Å². The first kappa shape index (κ1) is 15.6. The maximum absolute atomic E-state index is 12.9. The van der Waals surface area contributed by atoms with E-state index in [1.54, 1.807) is 0 Å². The molecule has 0 spiro atoms. The van der Waals surface area contributed by atoms with Crippen LogP contribution in [0.2, 0.25) is 0 Å². The van der Waals surface area contributed by atoms with Crippen molar-refractivity contribution in [2.24, 2.45) is 11.8 Å². The Morgan fingerprint density at radius 2 is 1.67 bits per heavy atom. The molecule has 3 heteroatoms. The molecule has 1 amide bonds. The molecular weight excluding hydrogens is 282 g/mol. The Labute approximate surface area is 134 Å². The molecule has 0 aromatic heterocycles. The Morgan fingerprint density at radius 3 is 2.24 bits per heavy atom. The Morgan fingerprint density at radius 1 is 1.05 bits per heavy atom. The van der Waals surface area contributed by atoms with Crippen molar-refractivity contribution in [3.05, 3.63) is 0 Å². The number of carbonyl (C=O) groups excluding carboxylic acids is 1. The van der Waals surface area contributed by atoms with Gasteiger partial charge in [-0.1, -0.05) is 26.2 Å². The molecule has 120 valence electrons. The number of alkyl halides is 1. The third-order valence-corrected chi connectivity index (χ3v) is 6.45. The van der Waals surface area contributed by atoms with Gasteiger partial charge in [-0.05, 0) is 57.3 Å². The molecule has 1 saturated carbocycles. The first-order chi connectivity index (χ1) is 10.2. The van der Waals surface area contributed by atoms with E-state index in [9.17, 15) is 4.79 Å². The molecule has 2 bridgehead atoms. The number of hydrogen-bond donors (Lipinski definition) is 0. The highest BCUT2D eigenvalue weighted by atomic mass is 35.5. The molecule has 0 radical (unpaired) electrons. The second-order valence-electron chi connectivity index (χ2n) is 7.56. The van der Waals surface area contributed by atoms with Crippen LogP contribution in [-0.2, 0) is 4.79 Å². The summed E-state index contributed by atoms with van der Waals surface area (Å²) >= 11 is 6.33. The fraction of sp³-hybridized carbons (Fsp3) is 0.944. The molecule has 2 aliphatic heterocycles. The maximum Gasteiger partial charge on any atom is 0.226 e. The summed E-state index contributed by atoms with van der Waals surface area (Å²) < 4.78 is 0. The summed E-state index contributed by atoms with van der Waals surface area (Å²) in [6.45, 7) is 2.27. The van der Waals surface area contributed by atoms with Gasteiger partial charge >= 0.3 is 0 Å². The average Bonchev–Trinajstić information content (AvgIpc) is 2.77. The lowest BCUT2D eigenvalue weighted by Crippen LogP contribution is -2.49. The zero-order valence-corrected chi connectivity index (χ0v) is 14.2. The SMILES string of the molecule is CCCCC1CCC(C(=O)N2C3CCC2CC(Cl)C3)CC1. The molecule has 2 nitrogen and oxygen atoms in total. The van der Waals surface area contributed by atoms with Crippen LogP contribution in [0.4, 0.5) is 0 Å². The monoisotopic (exact) mass is 311 g/mol. The number of halogens is 1. The quantitative estimate of drug-likeness (QED) is 0.686. The first-order valence-electron chi connectivity index (χ1n) is 9.15. The predicted octanol–water partition coefficient (Wildman–Crippen LogP) is 4.74. The minimum Gasteiger partial charge on any atom is -0.336 e. The highest BCUT2D eigenvalue weighted by molar-refractivity contribution is 6.20. The minimum atomic E-state index is 0.302. The van der Waals surface area contributed by atoms with Crippen LogP contribution in [0.15, 0.2) is 0 Å². The van der Waals surface area contributed by atoms with Crippen molar-refractivity contribution >= 4 is 17.5 Å². The molecule has 1 aliphatic carbocycles. The van der Waals surface area contributed by atoms with E-state index in [-0.39, 0.29) is 0 Å². The summed E-state index contributed by atoms with van der Waals surface area (Å²) in [6.07, 6.45) is 13.3. The van der Waals surface area contributed by atoms with Gasteiger partial charge in [-0.15, -0.1) is 11.6 Å². The van der Waals surface area contributed by atoms with Crippen LogP contribution >= 0.6 is 11.6 Å². The van der Waals surface area contributed by atoms with E-state index in [1.165, 1.54) is 44.9 Å². The third-order valence-electron chi connectivity index (χ3n) is 6.09. The van der Waals surface area contributed by atoms with Crippen LogP contribution in [0.3, 0.4) is 0 Å². The standard InChI is InChI=1S/C18H30ClNO/c1-2-3-4-13-5-7-14(8-6-13)18(21)20-16-9-10-17(20)12-15(19)11-16/h13-17H,2-12H2,1H3. The number of nitrogens with zero attached hydrogens (tertiary/aromatic N) is 1. The Balaban J connectivity index is 1.53. The van der Waals surface area contributed by atoms with Crippen molar-refractivity contribution in [1.82, 2.24) is 4.90 Å². The smallest absolute Gasteiger partial charge is 0.226 e. The number of piperidine rings is 1. The van der Waals surface area contributed by atoms with Gasteiger partial charge in [0.25, 0.3) is 0 Å². The third kappa shape index (κ3) is 3.41. The molecular formula is C18H30ClNO. The summed E-state index contributed by atoms with van der Waals surface area (Å²) in [5.74, 6) is 1.68. The van der Waals surface area contributed by atoms with E-state index in [4.69, 9.17) is 11.6 Å². The second kappa shape index (κ2) is 6.89. The minimum absolute atomic E-state index is 0.302. The largest absolute Gasteiger partial charge is 0.336 e. The topological polar surface area (TPSA) is 20.3 Å². The average molecular weight is 312 g/mol. The molecule has 0 aromatic rings. The van der Waals surface area contributed by atoms with Gasteiger partial charge in [-0.3, -0.25) is 4.79 Å².